The number of hydroxylamine groups is 1. The molecular formula is C13H11FN4O3. The van der Waals surface area contributed by atoms with Crippen LogP contribution in [0.1, 0.15) is 16.1 Å². The molecule has 0 unspecified atom stereocenters. The van der Waals surface area contributed by atoms with E-state index in [-0.39, 0.29) is 11.4 Å². The van der Waals surface area contributed by atoms with E-state index in [0.29, 0.717) is 22.4 Å². The molecule has 0 fully saturated rings. The molecule has 0 aliphatic heterocycles. The lowest BCUT2D eigenvalue weighted by molar-refractivity contribution is 0.0677. The third-order valence-corrected chi connectivity index (χ3v) is 3.11. The second kappa shape index (κ2) is 4.91. The van der Waals surface area contributed by atoms with Crippen molar-refractivity contribution in [1.29, 1.82) is 0 Å². The summed E-state index contributed by atoms with van der Waals surface area (Å²) in [6.45, 7) is 1.61. The molecule has 0 saturated carbocycles. The number of amides is 1. The molecule has 2 aromatic heterocycles. The summed E-state index contributed by atoms with van der Waals surface area (Å²) in [5.74, 6) is -0.880. The van der Waals surface area contributed by atoms with Crippen LogP contribution in [0.4, 0.5) is 15.9 Å². The Labute approximate surface area is 117 Å². The van der Waals surface area contributed by atoms with Gasteiger partial charge in [0.25, 0.3) is 0 Å². The second-order valence-electron chi connectivity index (χ2n) is 4.39. The Morgan fingerprint density at radius 2 is 2.24 bits per heavy atom. The van der Waals surface area contributed by atoms with E-state index in [4.69, 9.17) is 9.62 Å². The molecule has 0 radical (unpaired) electrons. The Kier molecular flexibility index (Phi) is 3.07. The molecule has 3 aromatic rings. The van der Waals surface area contributed by atoms with Crippen LogP contribution >= 0.6 is 0 Å². The minimum Gasteiger partial charge on any atom is -0.450 e. The van der Waals surface area contributed by atoms with Crippen molar-refractivity contribution in [2.45, 2.75) is 6.92 Å². The fourth-order valence-corrected chi connectivity index (χ4v) is 2.17. The minimum absolute atomic E-state index is 0.0780. The molecule has 1 aromatic carbocycles. The molecule has 0 aliphatic rings. The van der Waals surface area contributed by atoms with Gasteiger partial charge in [-0.3, -0.25) is 15.1 Å². The maximum absolute atomic E-state index is 14.1. The van der Waals surface area contributed by atoms with E-state index >= 15 is 0 Å². The number of hydrogen-bond acceptors (Lipinski definition) is 5. The van der Waals surface area contributed by atoms with Crippen molar-refractivity contribution in [2.24, 2.45) is 0 Å². The van der Waals surface area contributed by atoms with E-state index in [0.717, 1.165) is 0 Å². The number of benzene rings is 1. The van der Waals surface area contributed by atoms with E-state index in [1.807, 2.05) is 0 Å². The maximum Gasteiger partial charge on any atom is 0.310 e. The number of rotatable bonds is 3. The number of hydrogen-bond donors (Lipinski definition) is 4. The molecule has 1 amide bonds. The lowest BCUT2D eigenvalue weighted by atomic mass is 10.1. The van der Waals surface area contributed by atoms with Crippen LogP contribution in [0.5, 0.6) is 0 Å². The number of nitrogens with zero attached hydrogens (tertiary/aromatic N) is 1. The molecule has 0 spiro atoms. The highest BCUT2D eigenvalue weighted by atomic mass is 19.1. The van der Waals surface area contributed by atoms with Crippen LogP contribution in [0.2, 0.25) is 0 Å². The van der Waals surface area contributed by atoms with Gasteiger partial charge in [0.2, 0.25) is 0 Å². The lowest BCUT2D eigenvalue weighted by Crippen LogP contribution is -2.18. The monoisotopic (exact) mass is 290 g/mol. The smallest absolute Gasteiger partial charge is 0.310 e. The molecule has 0 aliphatic carbocycles. The van der Waals surface area contributed by atoms with E-state index in [1.54, 1.807) is 13.0 Å². The van der Waals surface area contributed by atoms with Gasteiger partial charge in [-0.25, -0.2) is 9.87 Å². The molecule has 0 saturated heterocycles. The van der Waals surface area contributed by atoms with Crippen LogP contribution in [0.3, 0.4) is 0 Å². The van der Waals surface area contributed by atoms with Crippen molar-refractivity contribution in [3.8, 4) is 0 Å². The first-order chi connectivity index (χ1) is 10.1. The van der Waals surface area contributed by atoms with Crippen LogP contribution in [0.15, 0.2) is 28.8 Å². The predicted octanol–water partition coefficient (Wildman–Crippen LogP) is 2.47. The number of furan rings is 1. The highest BCUT2D eigenvalue weighted by Crippen LogP contribution is 2.34. The molecular weight excluding hydrogens is 279 g/mol. The molecule has 7 nitrogen and oxygen atoms in total. The molecule has 8 heteroatoms. The summed E-state index contributed by atoms with van der Waals surface area (Å²) >= 11 is 0. The standard InChI is InChI=1S/C13H11FN4O3/c1-6-10-8(21-12(6)13(19)18-20)3-2-7(14)11(10)16-9-4-5-15-17-9/h2-5,20H,1H3,(H,18,19)(H2,15,16,17). The van der Waals surface area contributed by atoms with Crippen LogP contribution in [-0.2, 0) is 0 Å². The Morgan fingerprint density at radius 3 is 2.90 bits per heavy atom. The largest absolute Gasteiger partial charge is 0.450 e. The quantitative estimate of drug-likeness (QED) is 0.438. The summed E-state index contributed by atoms with van der Waals surface area (Å²) in [5.41, 5.74) is 2.40. The van der Waals surface area contributed by atoms with Gasteiger partial charge in [-0.15, -0.1) is 0 Å². The average molecular weight is 290 g/mol. The normalized spacial score (nSPS) is 10.8. The van der Waals surface area contributed by atoms with Gasteiger partial charge in [0, 0.05) is 11.6 Å². The van der Waals surface area contributed by atoms with Gasteiger partial charge in [0.15, 0.2) is 5.76 Å². The molecule has 3 rings (SSSR count). The van der Waals surface area contributed by atoms with Crippen molar-refractivity contribution in [3.63, 3.8) is 0 Å². The van der Waals surface area contributed by atoms with Gasteiger partial charge in [-0.1, -0.05) is 0 Å². The van der Waals surface area contributed by atoms with Crippen molar-refractivity contribution in [3.05, 3.63) is 41.5 Å². The Bertz CT molecular complexity index is 811. The first kappa shape index (κ1) is 13.1. The average Bonchev–Trinajstić information content (AvgIpc) is 3.09. The van der Waals surface area contributed by atoms with Crippen LogP contribution in [-0.4, -0.2) is 21.3 Å². The number of fused-ring (bicyclic) bond motifs is 1. The second-order valence-corrected chi connectivity index (χ2v) is 4.39. The van der Waals surface area contributed by atoms with Crippen LogP contribution in [0, 0.1) is 12.7 Å². The number of carbonyl (C=O) groups is 1. The number of nitrogens with one attached hydrogen (secondary N) is 3. The summed E-state index contributed by atoms with van der Waals surface area (Å²) in [6.07, 6.45) is 1.52. The molecule has 21 heavy (non-hydrogen) atoms. The highest BCUT2D eigenvalue weighted by Gasteiger charge is 2.21. The first-order valence-electron chi connectivity index (χ1n) is 6.04. The molecule has 0 bridgehead atoms. The molecule has 4 N–H and O–H groups in total. The summed E-state index contributed by atoms with van der Waals surface area (Å²) < 4.78 is 19.5. The van der Waals surface area contributed by atoms with Crippen molar-refractivity contribution < 1.29 is 18.8 Å². The predicted molar refractivity (Wildman–Crippen MR) is 72.0 cm³/mol. The van der Waals surface area contributed by atoms with E-state index in [1.165, 1.54) is 23.8 Å². The van der Waals surface area contributed by atoms with Crippen molar-refractivity contribution >= 4 is 28.4 Å². The third kappa shape index (κ3) is 2.11. The fraction of sp³-hybridized carbons (Fsp3) is 0.0769. The van der Waals surface area contributed by atoms with E-state index in [9.17, 15) is 9.18 Å². The number of aromatic nitrogens is 2. The molecule has 2 heterocycles. The van der Waals surface area contributed by atoms with Gasteiger partial charge < -0.3 is 9.73 Å². The van der Waals surface area contributed by atoms with Gasteiger partial charge in [-0.2, -0.15) is 5.10 Å². The number of halogens is 1. The third-order valence-electron chi connectivity index (χ3n) is 3.11. The minimum atomic E-state index is -0.795. The summed E-state index contributed by atoms with van der Waals surface area (Å²) in [6, 6.07) is 4.28. The van der Waals surface area contributed by atoms with Gasteiger partial charge in [-0.05, 0) is 19.1 Å². The Morgan fingerprint density at radius 1 is 1.43 bits per heavy atom. The number of aryl methyl sites for hydroxylation is 1. The van der Waals surface area contributed by atoms with Crippen LogP contribution < -0.4 is 10.8 Å². The van der Waals surface area contributed by atoms with Gasteiger partial charge >= 0.3 is 5.91 Å². The topological polar surface area (TPSA) is 103 Å². The summed E-state index contributed by atoms with van der Waals surface area (Å²) in [5, 5.41) is 18.4. The lowest BCUT2D eigenvalue weighted by Gasteiger charge is -2.07. The number of anilines is 2. The zero-order chi connectivity index (χ0) is 15.0. The number of aromatic amines is 1. The Balaban J connectivity index is 2.20. The summed E-state index contributed by atoms with van der Waals surface area (Å²) in [4.78, 5) is 11.5. The van der Waals surface area contributed by atoms with Gasteiger partial charge in [0.05, 0.1) is 17.3 Å². The molecule has 0 atom stereocenters. The van der Waals surface area contributed by atoms with Crippen molar-refractivity contribution in [2.75, 3.05) is 5.32 Å². The SMILES string of the molecule is Cc1c(C(=O)NO)oc2ccc(F)c(Nc3ccn[nH]3)c12. The van der Waals surface area contributed by atoms with E-state index in [2.05, 4.69) is 15.5 Å². The van der Waals surface area contributed by atoms with Gasteiger partial charge in [0.1, 0.15) is 17.2 Å². The van der Waals surface area contributed by atoms with Crippen molar-refractivity contribution in [1.82, 2.24) is 15.7 Å². The number of carbonyl (C=O) groups excluding carboxylic acids is 1. The zero-order valence-corrected chi connectivity index (χ0v) is 10.9. The van der Waals surface area contributed by atoms with E-state index < -0.39 is 11.7 Å². The van der Waals surface area contributed by atoms with Crippen LogP contribution in [0.25, 0.3) is 11.0 Å². The molecule has 108 valence electrons. The fourth-order valence-electron chi connectivity index (χ4n) is 2.17. The number of H-pyrrole nitrogens is 1. The zero-order valence-electron chi connectivity index (χ0n) is 10.9. The first-order valence-corrected chi connectivity index (χ1v) is 6.04. The summed E-state index contributed by atoms with van der Waals surface area (Å²) in [7, 11) is 0. The maximum atomic E-state index is 14.1. The highest BCUT2D eigenvalue weighted by molar-refractivity contribution is 6.03. The Hall–Kier alpha value is -2.87.